The minimum Gasteiger partial charge on any atom is -0.462 e. The van der Waals surface area contributed by atoms with Crippen molar-refractivity contribution in [3.8, 4) is 22.3 Å². The number of aryl methyl sites for hydroxylation is 4. The maximum Gasteiger partial charge on any atom is 0.340 e. The van der Waals surface area contributed by atoms with Gasteiger partial charge in [0, 0.05) is 54.3 Å². The average molecular weight is 837 g/mol. The summed E-state index contributed by atoms with van der Waals surface area (Å²) in [6, 6.07) is 29.9. The number of nitrogens with zero attached hydrogens (tertiary/aromatic N) is 2. The Morgan fingerprint density at radius 3 is 1.53 bits per heavy atom. The van der Waals surface area contributed by atoms with Gasteiger partial charge in [0.1, 0.15) is 11.6 Å². The summed E-state index contributed by atoms with van der Waals surface area (Å²) in [6.07, 6.45) is 7.60. The van der Waals surface area contributed by atoms with Crippen LogP contribution in [0.3, 0.4) is 0 Å². The fourth-order valence-corrected chi connectivity index (χ4v) is 8.93. The Balaban J connectivity index is 0.000000168. The lowest BCUT2D eigenvalue weighted by Gasteiger charge is -2.22. The number of aliphatic hydroxyl groups is 1. The highest BCUT2D eigenvalue weighted by molar-refractivity contribution is 6.00. The van der Waals surface area contributed by atoms with Crippen LogP contribution in [0, 0.1) is 11.6 Å². The third-order valence-electron chi connectivity index (χ3n) is 12.0. The van der Waals surface area contributed by atoms with Crippen LogP contribution in [0.25, 0.3) is 22.3 Å². The van der Waals surface area contributed by atoms with E-state index in [0.717, 1.165) is 101 Å². The molecule has 0 amide bonds. The molecule has 322 valence electrons. The van der Waals surface area contributed by atoms with Crippen LogP contribution in [0.1, 0.15) is 131 Å². The van der Waals surface area contributed by atoms with Gasteiger partial charge >= 0.3 is 5.97 Å². The molecule has 1 aliphatic heterocycles. The van der Waals surface area contributed by atoms with Crippen LogP contribution in [0.4, 0.5) is 8.78 Å². The van der Waals surface area contributed by atoms with Crippen molar-refractivity contribution in [3.63, 3.8) is 0 Å². The van der Waals surface area contributed by atoms with Gasteiger partial charge in [0.25, 0.3) is 0 Å². The summed E-state index contributed by atoms with van der Waals surface area (Å²) in [6.45, 7) is 12.3. The molecule has 0 atom stereocenters. The molecule has 0 bridgehead atoms. The molecule has 8 heteroatoms. The molecule has 0 radical (unpaired) electrons. The maximum absolute atomic E-state index is 13.7. The first kappa shape index (κ1) is 44.5. The lowest BCUT2D eigenvalue weighted by Crippen LogP contribution is -2.17. The molecule has 6 aromatic rings. The van der Waals surface area contributed by atoms with Crippen LogP contribution in [0.2, 0.25) is 0 Å². The maximum atomic E-state index is 13.7. The van der Waals surface area contributed by atoms with Crippen LogP contribution in [-0.2, 0) is 54.6 Å². The first-order valence-corrected chi connectivity index (χ1v) is 22.2. The molecule has 0 spiro atoms. The number of esters is 1. The van der Waals surface area contributed by atoms with Gasteiger partial charge in [-0.1, -0.05) is 100 Å². The van der Waals surface area contributed by atoms with Crippen molar-refractivity contribution in [2.75, 3.05) is 19.8 Å². The number of carbonyl (C=O) groups excluding carboxylic acids is 1. The fraction of sp³-hybridized carbons (Fsp3) is 0.352. The number of hydrogen-bond donors (Lipinski definition) is 1. The van der Waals surface area contributed by atoms with E-state index in [1.807, 2.05) is 32.0 Å². The molecule has 9 rings (SSSR count). The highest BCUT2D eigenvalue weighted by atomic mass is 19.1. The molecule has 1 fully saturated rings. The van der Waals surface area contributed by atoms with Crippen LogP contribution < -0.4 is 0 Å². The lowest BCUT2D eigenvalue weighted by atomic mass is 9.87. The van der Waals surface area contributed by atoms with E-state index in [4.69, 9.17) is 19.4 Å². The smallest absolute Gasteiger partial charge is 0.340 e. The van der Waals surface area contributed by atoms with Crippen molar-refractivity contribution < 1.29 is 28.2 Å². The average Bonchev–Trinajstić information content (AvgIpc) is 3.74. The number of ether oxygens (including phenoxy) is 2. The number of carbonyl (C=O) groups is 1. The largest absolute Gasteiger partial charge is 0.462 e. The predicted molar refractivity (Wildman–Crippen MR) is 243 cm³/mol. The van der Waals surface area contributed by atoms with Crippen molar-refractivity contribution in [1.82, 2.24) is 9.97 Å². The van der Waals surface area contributed by atoms with Crippen LogP contribution in [0.15, 0.2) is 97.1 Å². The van der Waals surface area contributed by atoms with Crippen LogP contribution >= 0.6 is 0 Å². The van der Waals surface area contributed by atoms with Gasteiger partial charge in [-0.3, -0.25) is 9.97 Å². The third kappa shape index (κ3) is 10.0. The van der Waals surface area contributed by atoms with Crippen molar-refractivity contribution in [3.05, 3.63) is 176 Å². The molecule has 0 saturated carbocycles. The number of rotatable bonds is 7. The van der Waals surface area contributed by atoms with Gasteiger partial charge < -0.3 is 14.6 Å². The number of hydrogen-bond acceptors (Lipinski definition) is 6. The highest BCUT2D eigenvalue weighted by Gasteiger charge is 2.29. The molecule has 0 unspecified atom stereocenters. The van der Waals surface area contributed by atoms with Crippen molar-refractivity contribution in [1.29, 1.82) is 0 Å². The van der Waals surface area contributed by atoms with Gasteiger partial charge in [0.2, 0.25) is 0 Å². The zero-order chi connectivity index (χ0) is 43.8. The minimum absolute atomic E-state index is 0.0551. The standard InChI is InChI=1S/C26H26FNO2.C24H24FNO.C4H8O/c1-4-30-26(29)24-23(18-9-12-20(27)13-10-18)21-15-19-8-6-5-7-17(19)11-14-22(21)28-25(24)16(2)3;1-15(2)24-21(14-27)23(17-7-10-19(25)11-8-17)20-13-18-6-4-3-5-16(18)9-12-22(20)26-24;1-2-4-5-3-1/h5-10,12-13,16H,4,11,14-15H2,1-3H3;3-8,10-11,15,27H,9,12-14H2,1-2H3;1-4H2. The predicted octanol–water partition coefficient (Wildman–Crippen LogP) is 11.9. The second kappa shape index (κ2) is 20.5. The first-order valence-electron chi connectivity index (χ1n) is 22.2. The molecular formula is C54H58F2N2O4. The van der Waals surface area contributed by atoms with Crippen molar-refractivity contribution in [2.45, 2.75) is 104 Å². The van der Waals surface area contributed by atoms with Gasteiger partial charge in [-0.05, 0) is 132 Å². The molecule has 2 aromatic heterocycles. The minimum atomic E-state index is -0.367. The molecule has 3 aliphatic rings. The van der Waals surface area contributed by atoms with E-state index in [1.54, 1.807) is 19.1 Å². The molecule has 1 N–H and O–H groups in total. The van der Waals surface area contributed by atoms with E-state index in [0.29, 0.717) is 18.6 Å². The van der Waals surface area contributed by atoms with E-state index in [9.17, 15) is 18.7 Å². The van der Waals surface area contributed by atoms with Gasteiger partial charge in [-0.15, -0.1) is 0 Å². The lowest BCUT2D eigenvalue weighted by molar-refractivity contribution is 0.0524. The third-order valence-corrected chi connectivity index (χ3v) is 12.0. The Kier molecular flexibility index (Phi) is 14.7. The van der Waals surface area contributed by atoms with Gasteiger partial charge in [0.15, 0.2) is 0 Å². The Hall–Kier alpha value is -5.57. The van der Waals surface area contributed by atoms with Crippen molar-refractivity contribution >= 4 is 5.97 Å². The molecule has 6 nitrogen and oxygen atoms in total. The number of aliphatic hydroxyl groups excluding tert-OH is 1. The molecular weight excluding hydrogens is 779 g/mol. The van der Waals surface area contributed by atoms with Crippen LogP contribution in [0.5, 0.6) is 0 Å². The van der Waals surface area contributed by atoms with Gasteiger partial charge in [-0.25, -0.2) is 13.6 Å². The zero-order valence-electron chi connectivity index (χ0n) is 36.7. The monoisotopic (exact) mass is 836 g/mol. The van der Waals surface area contributed by atoms with Crippen LogP contribution in [-0.4, -0.2) is 40.9 Å². The quantitative estimate of drug-likeness (QED) is 0.161. The van der Waals surface area contributed by atoms with E-state index in [2.05, 4.69) is 56.3 Å². The van der Waals surface area contributed by atoms with Gasteiger partial charge in [0.05, 0.1) is 24.5 Å². The molecule has 2 aliphatic carbocycles. The summed E-state index contributed by atoms with van der Waals surface area (Å²) < 4.78 is 37.6. The summed E-state index contributed by atoms with van der Waals surface area (Å²) in [7, 11) is 0. The van der Waals surface area contributed by atoms with E-state index < -0.39 is 0 Å². The summed E-state index contributed by atoms with van der Waals surface area (Å²) in [4.78, 5) is 23.1. The number of fused-ring (bicyclic) bond motifs is 4. The summed E-state index contributed by atoms with van der Waals surface area (Å²) in [5.74, 6) is -0.653. The first-order chi connectivity index (χ1) is 30.1. The van der Waals surface area contributed by atoms with E-state index in [1.165, 1.54) is 64.9 Å². The molecule has 1 saturated heterocycles. The number of pyridine rings is 2. The number of benzene rings is 4. The Bertz CT molecular complexity index is 2480. The SMILES string of the molecule is C1CCOC1.CC(C)c1nc2c(c(-c3ccc(F)cc3)c1CO)Cc1ccccc1CC2.CCOC(=O)c1c(C(C)C)nc2c(c1-c1ccc(F)cc1)Cc1ccccc1CC2. The van der Waals surface area contributed by atoms with Gasteiger partial charge in [-0.2, -0.15) is 0 Å². The van der Waals surface area contributed by atoms with Crippen molar-refractivity contribution in [2.24, 2.45) is 0 Å². The Morgan fingerprint density at radius 1 is 0.645 bits per heavy atom. The Labute approximate surface area is 365 Å². The normalized spacial score (nSPS) is 13.9. The topological polar surface area (TPSA) is 81.5 Å². The summed E-state index contributed by atoms with van der Waals surface area (Å²) in [5, 5.41) is 10.2. The second-order valence-corrected chi connectivity index (χ2v) is 16.9. The molecule has 62 heavy (non-hydrogen) atoms. The zero-order valence-corrected chi connectivity index (χ0v) is 36.7. The van der Waals surface area contributed by atoms with E-state index >= 15 is 0 Å². The summed E-state index contributed by atoms with van der Waals surface area (Å²) >= 11 is 0. The number of halogens is 2. The van der Waals surface area contributed by atoms with E-state index in [-0.39, 0.29) is 36.0 Å². The molecule has 4 aromatic carbocycles. The Morgan fingerprint density at radius 2 is 1.10 bits per heavy atom. The summed E-state index contributed by atoms with van der Waals surface area (Å²) in [5.41, 5.74) is 16.2. The fourth-order valence-electron chi connectivity index (χ4n) is 8.93. The molecule has 3 heterocycles. The second-order valence-electron chi connectivity index (χ2n) is 16.9. The highest BCUT2D eigenvalue weighted by Crippen LogP contribution is 2.40. The number of aromatic nitrogens is 2.